The maximum absolute atomic E-state index is 13.3. The van der Waals surface area contributed by atoms with E-state index in [-0.39, 0.29) is 5.75 Å². The van der Waals surface area contributed by atoms with Gasteiger partial charge in [-0.15, -0.1) is 0 Å². The number of ether oxygens (including phenoxy) is 1. The molecule has 0 bridgehead atoms. The van der Waals surface area contributed by atoms with Gasteiger partial charge in [0.1, 0.15) is 0 Å². The van der Waals surface area contributed by atoms with Crippen LogP contribution in [0.25, 0.3) is 11.0 Å². The van der Waals surface area contributed by atoms with Crippen molar-refractivity contribution in [2.24, 2.45) is 0 Å². The number of halogens is 1. The van der Waals surface area contributed by atoms with Crippen molar-refractivity contribution >= 4 is 11.0 Å². The van der Waals surface area contributed by atoms with Crippen molar-refractivity contribution in [1.29, 1.82) is 0 Å². The van der Waals surface area contributed by atoms with E-state index >= 15 is 0 Å². The van der Waals surface area contributed by atoms with Gasteiger partial charge >= 0.3 is 0 Å². The zero-order chi connectivity index (χ0) is 10.1. The summed E-state index contributed by atoms with van der Waals surface area (Å²) in [6, 6.07) is 2.87. The second-order valence-electron chi connectivity index (χ2n) is 2.99. The zero-order valence-corrected chi connectivity index (χ0v) is 7.91. The molecule has 0 spiro atoms. The van der Waals surface area contributed by atoms with Crippen LogP contribution in [0.5, 0.6) is 5.75 Å². The molecule has 0 fully saturated rings. The van der Waals surface area contributed by atoms with E-state index in [1.165, 1.54) is 19.2 Å². The van der Waals surface area contributed by atoms with Gasteiger partial charge in [0.15, 0.2) is 11.6 Å². The van der Waals surface area contributed by atoms with Crippen LogP contribution < -0.4 is 4.74 Å². The van der Waals surface area contributed by atoms with Gasteiger partial charge in [-0.3, -0.25) is 4.98 Å². The van der Waals surface area contributed by atoms with E-state index in [0.29, 0.717) is 11.0 Å². The second kappa shape index (κ2) is 3.21. The largest absolute Gasteiger partial charge is 0.494 e. The Hall–Kier alpha value is -1.71. The van der Waals surface area contributed by atoms with Crippen LogP contribution in [0.3, 0.4) is 0 Å². The Balaban J connectivity index is 2.73. The highest BCUT2D eigenvalue weighted by Gasteiger charge is 2.06. The molecular weight excluding hydrogens is 183 g/mol. The first-order chi connectivity index (χ1) is 6.70. The number of rotatable bonds is 1. The molecule has 0 atom stereocenters. The van der Waals surface area contributed by atoms with Crippen LogP contribution in [-0.2, 0) is 0 Å². The van der Waals surface area contributed by atoms with Crippen LogP contribution in [0.1, 0.15) is 5.69 Å². The molecule has 2 aromatic rings. The number of fused-ring (bicyclic) bond motifs is 1. The maximum Gasteiger partial charge on any atom is 0.167 e. The Morgan fingerprint density at radius 3 is 2.79 bits per heavy atom. The average Bonchev–Trinajstić information content (AvgIpc) is 2.16. The molecule has 72 valence electrons. The number of hydrogen-bond donors (Lipinski definition) is 0. The van der Waals surface area contributed by atoms with Crippen molar-refractivity contribution in [3.8, 4) is 5.75 Å². The molecule has 0 unspecified atom stereocenters. The van der Waals surface area contributed by atoms with E-state index < -0.39 is 5.82 Å². The van der Waals surface area contributed by atoms with E-state index in [4.69, 9.17) is 4.74 Å². The monoisotopic (exact) mass is 192 g/mol. The molecule has 0 saturated heterocycles. The Kier molecular flexibility index (Phi) is 2.04. The van der Waals surface area contributed by atoms with Crippen molar-refractivity contribution in [2.45, 2.75) is 6.92 Å². The molecule has 0 saturated carbocycles. The zero-order valence-electron chi connectivity index (χ0n) is 7.91. The topological polar surface area (TPSA) is 35.0 Å². The number of nitrogens with zero attached hydrogens (tertiary/aromatic N) is 2. The van der Waals surface area contributed by atoms with Gasteiger partial charge in [-0.05, 0) is 6.92 Å². The lowest BCUT2D eigenvalue weighted by molar-refractivity contribution is 0.387. The minimum absolute atomic E-state index is 0.190. The lowest BCUT2D eigenvalue weighted by Gasteiger charge is -2.03. The summed E-state index contributed by atoms with van der Waals surface area (Å²) in [6.07, 6.45) is 1.64. The first-order valence-corrected chi connectivity index (χ1v) is 4.17. The Labute approximate surface area is 80.6 Å². The maximum atomic E-state index is 13.3. The van der Waals surface area contributed by atoms with Gasteiger partial charge in [0.05, 0.1) is 23.8 Å². The van der Waals surface area contributed by atoms with Crippen LogP contribution in [0.2, 0.25) is 0 Å². The lowest BCUT2D eigenvalue weighted by atomic mass is 10.2. The summed E-state index contributed by atoms with van der Waals surface area (Å²) in [4.78, 5) is 8.28. The van der Waals surface area contributed by atoms with Crippen molar-refractivity contribution < 1.29 is 9.13 Å². The normalized spacial score (nSPS) is 10.5. The van der Waals surface area contributed by atoms with Gasteiger partial charge in [-0.2, -0.15) is 0 Å². The SMILES string of the molecule is COc1cc2ncc(C)nc2cc1F. The van der Waals surface area contributed by atoms with Gasteiger partial charge in [0, 0.05) is 18.3 Å². The molecule has 0 N–H and O–H groups in total. The van der Waals surface area contributed by atoms with Gasteiger partial charge in [0.2, 0.25) is 0 Å². The number of aromatic nitrogens is 2. The predicted molar refractivity (Wildman–Crippen MR) is 50.8 cm³/mol. The number of benzene rings is 1. The summed E-state index contributed by atoms with van der Waals surface area (Å²) in [5.41, 5.74) is 1.94. The molecule has 0 aliphatic heterocycles. The molecule has 0 aliphatic rings. The summed E-state index contributed by atoms with van der Waals surface area (Å²) in [6.45, 7) is 1.81. The van der Waals surface area contributed by atoms with Crippen LogP contribution in [-0.4, -0.2) is 17.1 Å². The minimum atomic E-state index is -0.417. The van der Waals surface area contributed by atoms with Crippen LogP contribution in [0, 0.1) is 12.7 Å². The molecule has 1 aromatic carbocycles. The fourth-order valence-corrected chi connectivity index (χ4v) is 1.26. The van der Waals surface area contributed by atoms with Crippen LogP contribution in [0.4, 0.5) is 4.39 Å². The highest BCUT2D eigenvalue weighted by atomic mass is 19.1. The first-order valence-electron chi connectivity index (χ1n) is 4.17. The van der Waals surface area contributed by atoms with E-state index in [1.54, 1.807) is 6.20 Å². The molecular formula is C10H9FN2O. The van der Waals surface area contributed by atoms with Gasteiger partial charge in [-0.1, -0.05) is 0 Å². The fraction of sp³-hybridized carbons (Fsp3) is 0.200. The fourth-order valence-electron chi connectivity index (χ4n) is 1.26. The second-order valence-corrected chi connectivity index (χ2v) is 2.99. The van der Waals surface area contributed by atoms with Crippen LogP contribution >= 0.6 is 0 Å². The third kappa shape index (κ3) is 1.39. The summed E-state index contributed by atoms with van der Waals surface area (Å²) in [5.74, 6) is -0.226. The molecule has 4 heteroatoms. The van der Waals surface area contributed by atoms with Crippen LogP contribution in [0.15, 0.2) is 18.3 Å². The molecule has 14 heavy (non-hydrogen) atoms. The molecule has 0 aliphatic carbocycles. The Bertz CT molecular complexity index is 485. The molecule has 1 heterocycles. The molecule has 0 radical (unpaired) electrons. The quantitative estimate of drug-likeness (QED) is 0.693. The number of methoxy groups -OCH3 is 1. The van der Waals surface area contributed by atoms with Crippen molar-refractivity contribution in [2.75, 3.05) is 7.11 Å². The average molecular weight is 192 g/mol. The molecule has 1 aromatic heterocycles. The van der Waals surface area contributed by atoms with Crippen molar-refractivity contribution in [3.05, 3.63) is 29.8 Å². The Morgan fingerprint density at radius 1 is 1.29 bits per heavy atom. The summed E-state index contributed by atoms with van der Waals surface area (Å²) >= 11 is 0. The summed E-state index contributed by atoms with van der Waals surface area (Å²) in [5, 5.41) is 0. The smallest absolute Gasteiger partial charge is 0.167 e. The summed E-state index contributed by atoms with van der Waals surface area (Å²) in [7, 11) is 1.42. The van der Waals surface area contributed by atoms with Crippen molar-refractivity contribution in [1.82, 2.24) is 9.97 Å². The van der Waals surface area contributed by atoms with E-state index in [1.807, 2.05) is 6.92 Å². The molecule has 2 rings (SSSR count). The third-order valence-electron chi connectivity index (χ3n) is 1.94. The number of hydrogen-bond acceptors (Lipinski definition) is 3. The van der Waals surface area contributed by atoms with Gasteiger partial charge in [-0.25, -0.2) is 9.37 Å². The molecule has 3 nitrogen and oxygen atoms in total. The number of aryl methyl sites for hydroxylation is 1. The van der Waals surface area contributed by atoms with Crippen molar-refractivity contribution in [3.63, 3.8) is 0 Å². The standard InChI is InChI=1S/C10H9FN2O/c1-6-5-12-8-4-10(14-2)7(11)3-9(8)13-6/h3-5H,1-2H3. The van der Waals surface area contributed by atoms with Gasteiger partial charge in [0.25, 0.3) is 0 Å². The van der Waals surface area contributed by atoms with E-state index in [9.17, 15) is 4.39 Å². The van der Waals surface area contributed by atoms with E-state index in [2.05, 4.69) is 9.97 Å². The lowest BCUT2D eigenvalue weighted by Crippen LogP contribution is -1.92. The van der Waals surface area contributed by atoms with E-state index in [0.717, 1.165) is 5.69 Å². The Morgan fingerprint density at radius 2 is 2.07 bits per heavy atom. The minimum Gasteiger partial charge on any atom is -0.494 e. The van der Waals surface area contributed by atoms with Gasteiger partial charge < -0.3 is 4.74 Å². The highest BCUT2D eigenvalue weighted by molar-refractivity contribution is 5.76. The highest BCUT2D eigenvalue weighted by Crippen LogP contribution is 2.21. The predicted octanol–water partition coefficient (Wildman–Crippen LogP) is 2.09. The third-order valence-corrected chi connectivity index (χ3v) is 1.94. The molecule has 0 amide bonds. The summed E-state index contributed by atoms with van der Waals surface area (Å²) < 4.78 is 18.1. The first kappa shape index (κ1) is 8.87.